The van der Waals surface area contributed by atoms with E-state index in [1.54, 1.807) is 19.2 Å². The maximum Gasteiger partial charge on any atom is 0.358 e. The van der Waals surface area contributed by atoms with E-state index in [1.165, 1.54) is 4.52 Å². The van der Waals surface area contributed by atoms with Crippen molar-refractivity contribution in [2.75, 3.05) is 0 Å². The van der Waals surface area contributed by atoms with E-state index in [2.05, 4.69) is 15.3 Å². The average Bonchev–Trinajstić information content (AvgIpc) is 2.52. The number of carboxylic acid groups (broad SMARTS) is 1. The Kier molecular flexibility index (Phi) is 1.48. The summed E-state index contributed by atoms with van der Waals surface area (Å²) in [5, 5.41) is 19.9. The van der Waals surface area contributed by atoms with Gasteiger partial charge in [0.15, 0.2) is 11.3 Å². The third kappa shape index (κ3) is 1.03. The van der Waals surface area contributed by atoms with Gasteiger partial charge >= 0.3 is 5.97 Å². The molecule has 0 bridgehead atoms. The Morgan fingerprint density at radius 3 is 3.00 bits per heavy atom. The largest absolute Gasteiger partial charge is 0.476 e. The Bertz CT molecular complexity index is 476. The third-order valence-corrected chi connectivity index (χ3v) is 1.74. The van der Waals surface area contributed by atoms with Gasteiger partial charge in [-0.3, -0.25) is 0 Å². The first kappa shape index (κ1) is 7.66. The molecule has 0 fully saturated rings. The minimum Gasteiger partial charge on any atom is -0.476 e. The van der Waals surface area contributed by atoms with Crippen LogP contribution in [0.5, 0.6) is 0 Å². The predicted molar refractivity (Wildman–Crippen MR) is 42.5 cm³/mol. The Labute approximate surface area is 72.8 Å². The van der Waals surface area contributed by atoms with Crippen LogP contribution in [0.2, 0.25) is 0 Å². The van der Waals surface area contributed by atoms with Gasteiger partial charge < -0.3 is 5.11 Å². The molecule has 0 saturated carbocycles. The second-order valence-corrected chi connectivity index (χ2v) is 2.54. The van der Waals surface area contributed by atoms with Gasteiger partial charge in [-0.1, -0.05) is 0 Å². The van der Waals surface area contributed by atoms with Gasteiger partial charge in [-0.15, -0.1) is 10.2 Å². The fourth-order valence-electron chi connectivity index (χ4n) is 1.10. The van der Waals surface area contributed by atoms with Crippen molar-refractivity contribution in [3.63, 3.8) is 0 Å². The number of carbonyl (C=O) groups is 1. The van der Waals surface area contributed by atoms with E-state index in [0.29, 0.717) is 11.3 Å². The molecule has 2 aromatic heterocycles. The summed E-state index contributed by atoms with van der Waals surface area (Å²) in [6, 6.07) is 1.66. The summed E-state index contributed by atoms with van der Waals surface area (Å²) >= 11 is 0. The van der Waals surface area contributed by atoms with Crippen molar-refractivity contribution < 1.29 is 9.90 Å². The lowest BCUT2D eigenvalue weighted by Crippen LogP contribution is -2.10. The molecule has 2 aromatic rings. The number of nitrogens with zero attached hydrogens (tertiary/aromatic N) is 4. The van der Waals surface area contributed by atoms with Gasteiger partial charge in [0, 0.05) is 6.07 Å². The molecular weight excluding hydrogens is 172 g/mol. The lowest BCUT2D eigenvalue weighted by Gasteiger charge is -1.99. The number of fused-ring (bicyclic) bond motifs is 1. The first-order chi connectivity index (χ1) is 6.20. The van der Waals surface area contributed by atoms with Crippen LogP contribution >= 0.6 is 0 Å². The van der Waals surface area contributed by atoms with Gasteiger partial charge in [0.05, 0.1) is 11.9 Å². The van der Waals surface area contributed by atoms with Crippen LogP contribution in [0, 0.1) is 6.92 Å². The highest BCUT2D eigenvalue weighted by molar-refractivity contribution is 5.86. The van der Waals surface area contributed by atoms with E-state index in [9.17, 15) is 4.79 Å². The van der Waals surface area contributed by atoms with Gasteiger partial charge in [-0.2, -0.15) is 5.10 Å². The Morgan fingerprint density at radius 1 is 1.54 bits per heavy atom. The third-order valence-electron chi connectivity index (χ3n) is 1.74. The summed E-state index contributed by atoms with van der Waals surface area (Å²) < 4.78 is 1.44. The smallest absolute Gasteiger partial charge is 0.358 e. The first-order valence-electron chi connectivity index (χ1n) is 3.60. The molecular formula is C7H6N4O2. The molecule has 66 valence electrons. The molecule has 0 radical (unpaired) electrons. The Balaban J connectivity index is 2.80. The van der Waals surface area contributed by atoms with Crippen molar-refractivity contribution in [3.05, 3.63) is 23.7 Å². The molecule has 0 saturated heterocycles. The Hall–Kier alpha value is -1.98. The molecule has 0 aliphatic rings. The molecule has 0 unspecified atom stereocenters. The lowest BCUT2D eigenvalue weighted by atomic mass is 10.3. The van der Waals surface area contributed by atoms with E-state index < -0.39 is 5.97 Å². The predicted octanol–water partition coefficient (Wildman–Crippen LogP) is 0.131. The molecule has 2 rings (SSSR count). The van der Waals surface area contributed by atoms with E-state index in [0.717, 1.165) is 0 Å². The molecule has 0 atom stereocenters. The standard InChI is InChI=1S/C7H6N4O2/c1-4-6(7(12)13)10-9-5-2-3-8-11(4)5/h2-3H,1H3,(H,12,13). The number of carboxylic acids is 1. The van der Waals surface area contributed by atoms with Gasteiger partial charge in [0.2, 0.25) is 0 Å². The SMILES string of the molecule is Cc1c(C(=O)O)nnc2ccnn12. The van der Waals surface area contributed by atoms with Gasteiger partial charge in [-0.25, -0.2) is 9.31 Å². The number of hydrogen-bond donors (Lipinski definition) is 1. The van der Waals surface area contributed by atoms with Crippen LogP contribution in [0.1, 0.15) is 16.2 Å². The zero-order valence-corrected chi connectivity index (χ0v) is 6.80. The van der Waals surface area contributed by atoms with Crippen LogP contribution < -0.4 is 0 Å². The minimum atomic E-state index is -1.09. The topological polar surface area (TPSA) is 80.4 Å². The maximum absolute atomic E-state index is 10.6. The second-order valence-electron chi connectivity index (χ2n) is 2.54. The summed E-state index contributed by atoms with van der Waals surface area (Å²) in [6.07, 6.45) is 1.54. The average molecular weight is 178 g/mol. The monoisotopic (exact) mass is 178 g/mol. The van der Waals surface area contributed by atoms with Crippen LogP contribution in [-0.2, 0) is 0 Å². The fraction of sp³-hybridized carbons (Fsp3) is 0.143. The number of aryl methyl sites for hydroxylation is 1. The molecule has 1 N–H and O–H groups in total. The van der Waals surface area contributed by atoms with Gasteiger partial charge in [0.25, 0.3) is 0 Å². The number of aromatic carboxylic acids is 1. The Morgan fingerprint density at radius 2 is 2.31 bits per heavy atom. The van der Waals surface area contributed by atoms with Gasteiger partial charge in [-0.05, 0) is 6.92 Å². The molecule has 0 aliphatic carbocycles. The van der Waals surface area contributed by atoms with Crippen molar-refractivity contribution in [1.82, 2.24) is 19.8 Å². The van der Waals surface area contributed by atoms with Crippen molar-refractivity contribution in [2.45, 2.75) is 6.92 Å². The van der Waals surface area contributed by atoms with E-state index in [-0.39, 0.29) is 5.69 Å². The lowest BCUT2D eigenvalue weighted by molar-refractivity contribution is 0.0687. The zero-order chi connectivity index (χ0) is 9.42. The highest BCUT2D eigenvalue weighted by Crippen LogP contribution is 2.05. The molecule has 0 amide bonds. The molecule has 6 nitrogen and oxygen atoms in total. The zero-order valence-electron chi connectivity index (χ0n) is 6.80. The van der Waals surface area contributed by atoms with Crippen molar-refractivity contribution >= 4 is 11.6 Å². The second kappa shape index (κ2) is 2.51. The van der Waals surface area contributed by atoms with Crippen molar-refractivity contribution in [3.8, 4) is 0 Å². The summed E-state index contributed by atoms with van der Waals surface area (Å²) in [5.74, 6) is -1.09. The molecule has 0 aliphatic heterocycles. The van der Waals surface area contributed by atoms with Crippen LogP contribution in [0.3, 0.4) is 0 Å². The highest BCUT2D eigenvalue weighted by atomic mass is 16.4. The highest BCUT2D eigenvalue weighted by Gasteiger charge is 2.12. The van der Waals surface area contributed by atoms with E-state index in [1.807, 2.05) is 0 Å². The molecule has 0 spiro atoms. The number of rotatable bonds is 1. The first-order valence-corrected chi connectivity index (χ1v) is 3.60. The van der Waals surface area contributed by atoms with Crippen LogP contribution in [-0.4, -0.2) is 30.9 Å². The quantitative estimate of drug-likeness (QED) is 0.671. The van der Waals surface area contributed by atoms with E-state index >= 15 is 0 Å². The molecule has 2 heterocycles. The van der Waals surface area contributed by atoms with E-state index in [4.69, 9.17) is 5.11 Å². The number of aromatic nitrogens is 4. The normalized spacial score (nSPS) is 10.5. The summed E-state index contributed by atoms with van der Waals surface area (Å²) in [5.41, 5.74) is 0.946. The summed E-state index contributed by atoms with van der Waals surface area (Å²) in [7, 11) is 0. The van der Waals surface area contributed by atoms with Crippen molar-refractivity contribution in [2.24, 2.45) is 0 Å². The fourth-order valence-corrected chi connectivity index (χ4v) is 1.10. The van der Waals surface area contributed by atoms with Crippen LogP contribution in [0.25, 0.3) is 5.65 Å². The molecule has 6 heteroatoms. The van der Waals surface area contributed by atoms with Crippen LogP contribution in [0.15, 0.2) is 12.3 Å². The maximum atomic E-state index is 10.6. The van der Waals surface area contributed by atoms with Gasteiger partial charge in [0.1, 0.15) is 0 Å². The minimum absolute atomic E-state index is 0.0730. The molecule has 0 aromatic carbocycles. The summed E-state index contributed by atoms with van der Waals surface area (Å²) in [4.78, 5) is 10.6. The number of hydrogen-bond acceptors (Lipinski definition) is 4. The van der Waals surface area contributed by atoms with Crippen LogP contribution in [0.4, 0.5) is 0 Å². The molecule has 13 heavy (non-hydrogen) atoms. The summed E-state index contributed by atoms with van der Waals surface area (Å²) in [6.45, 7) is 1.64. The van der Waals surface area contributed by atoms with Crippen molar-refractivity contribution in [1.29, 1.82) is 0 Å².